The number of nitrogens with zero attached hydrogens (tertiary/aromatic N) is 2. The van der Waals surface area contributed by atoms with E-state index in [0.29, 0.717) is 44.4 Å². The smallest absolute Gasteiger partial charge is 0.317 e. The molecule has 160 valence electrons. The van der Waals surface area contributed by atoms with Gasteiger partial charge >= 0.3 is 6.03 Å². The standard InChI is InChI=1S/C24H37N3O2/c1-26(22-9-3-2-4-10-22)18-20-8-6-5-7-19(20)17-25-23(28)27-15-13-24(29,14-16-27)21-11-12-21/h5-8,21-22,29H,2-4,9-18H2,1H3,(H,25,28). The van der Waals surface area contributed by atoms with Crippen molar-refractivity contribution in [3.05, 3.63) is 35.4 Å². The number of nitrogens with one attached hydrogen (secondary N) is 1. The second-order valence-corrected chi connectivity index (χ2v) is 9.50. The zero-order valence-corrected chi connectivity index (χ0v) is 17.9. The fourth-order valence-electron chi connectivity index (χ4n) is 5.21. The number of amides is 2. The molecule has 0 bridgehead atoms. The van der Waals surface area contributed by atoms with Gasteiger partial charge in [0.1, 0.15) is 0 Å². The second kappa shape index (κ2) is 9.05. The Morgan fingerprint density at radius 3 is 2.41 bits per heavy atom. The molecule has 29 heavy (non-hydrogen) atoms. The van der Waals surface area contributed by atoms with E-state index in [9.17, 15) is 9.90 Å². The summed E-state index contributed by atoms with van der Waals surface area (Å²) in [5, 5.41) is 13.8. The van der Waals surface area contributed by atoms with E-state index >= 15 is 0 Å². The summed E-state index contributed by atoms with van der Waals surface area (Å²) in [5.74, 6) is 0.473. The minimum Gasteiger partial charge on any atom is -0.389 e. The number of carbonyl (C=O) groups excluding carboxylic acids is 1. The lowest BCUT2D eigenvalue weighted by molar-refractivity contribution is -0.0307. The third-order valence-corrected chi connectivity index (χ3v) is 7.42. The summed E-state index contributed by atoms with van der Waals surface area (Å²) >= 11 is 0. The van der Waals surface area contributed by atoms with E-state index in [-0.39, 0.29) is 6.03 Å². The maximum absolute atomic E-state index is 12.7. The third kappa shape index (κ3) is 5.13. The van der Waals surface area contributed by atoms with Gasteiger partial charge in [-0.15, -0.1) is 0 Å². The number of benzene rings is 1. The van der Waals surface area contributed by atoms with Crippen LogP contribution in [0.4, 0.5) is 4.79 Å². The summed E-state index contributed by atoms with van der Waals surface area (Å²) in [6.07, 6.45) is 10.4. The normalized spacial score (nSPS) is 22.7. The van der Waals surface area contributed by atoms with Crippen molar-refractivity contribution in [3.8, 4) is 0 Å². The first-order valence-electron chi connectivity index (χ1n) is 11.6. The predicted molar refractivity (Wildman–Crippen MR) is 115 cm³/mol. The first kappa shape index (κ1) is 20.7. The van der Waals surface area contributed by atoms with Crippen molar-refractivity contribution >= 4 is 6.03 Å². The van der Waals surface area contributed by atoms with Crippen molar-refractivity contribution in [1.82, 2.24) is 15.1 Å². The maximum Gasteiger partial charge on any atom is 0.317 e. The maximum atomic E-state index is 12.7. The third-order valence-electron chi connectivity index (χ3n) is 7.42. The minimum absolute atomic E-state index is 0.00159. The molecule has 5 heteroatoms. The lowest BCUT2D eigenvalue weighted by atomic mass is 9.87. The van der Waals surface area contributed by atoms with Crippen molar-refractivity contribution < 1.29 is 9.90 Å². The first-order chi connectivity index (χ1) is 14.0. The Balaban J connectivity index is 1.29. The highest BCUT2D eigenvalue weighted by molar-refractivity contribution is 5.74. The van der Waals surface area contributed by atoms with Crippen LogP contribution in [0.25, 0.3) is 0 Å². The molecule has 3 aliphatic rings. The number of rotatable bonds is 6. The molecule has 0 atom stereocenters. The van der Waals surface area contributed by atoms with Crippen LogP contribution in [0.5, 0.6) is 0 Å². The molecule has 0 radical (unpaired) electrons. The van der Waals surface area contributed by atoms with Crippen molar-refractivity contribution in [2.24, 2.45) is 5.92 Å². The van der Waals surface area contributed by atoms with Gasteiger partial charge in [0.15, 0.2) is 0 Å². The van der Waals surface area contributed by atoms with Crippen LogP contribution < -0.4 is 5.32 Å². The van der Waals surface area contributed by atoms with Crippen LogP contribution in [0.2, 0.25) is 0 Å². The summed E-state index contributed by atoms with van der Waals surface area (Å²) in [7, 11) is 2.24. The minimum atomic E-state index is -0.521. The van der Waals surface area contributed by atoms with Crippen LogP contribution in [-0.2, 0) is 13.1 Å². The summed E-state index contributed by atoms with van der Waals surface area (Å²) in [6.45, 7) is 2.82. The molecular formula is C24H37N3O2. The van der Waals surface area contributed by atoms with Crippen molar-refractivity contribution in [3.63, 3.8) is 0 Å². The monoisotopic (exact) mass is 399 g/mol. The average molecular weight is 400 g/mol. The Morgan fingerprint density at radius 1 is 1.10 bits per heavy atom. The molecule has 1 aliphatic heterocycles. The number of hydrogen-bond donors (Lipinski definition) is 2. The van der Waals surface area contributed by atoms with E-state index in [1.54, 1.807) is 0 Å². The van der Waals surface area contributed by atoms with Gasteiger partial charge in [0.2, 0.25) is 0 Å². The zero-order chi connectivity index (χ0) is 20.3. The fraction of sp³-hybridized carbons (Fsp3) is 0.708. The van der Waals surface area contributed by atoms with Crippen LogP contribution in [0.1, 0.15) is 68.9 Å². The first-order valence-corrected chi connectivity index (χ1v) is 11.6. The molecule has 2 amide bonds. The topological polar surface area (TPSA) is 55.8 Å². The van der Waals surface area contributed by atoms with Gasteiger partial charge in [-0.1, -0.05) is 43.5 Å². The number of hydrogen-bond acceptors (Lipinski definition) is 3. The molecule has 0 spiro atoms. The van der Waals surface area contributed by atoms with E-state index in [0.717, 1.165) is 19.4 Å². The van der Waals surface area contributed by atoms with Gasteiger partial charge in [-0.3, -0.25) is 4.90 Å². The van der Waals surface area contributed by atoms with Crippen molar-refractivity contribution in [1.29, 1.82) is 0 Å². The molecule has 0 unspecified atom stereocenters. The summed E-state index contributed by atoms with van der Waals surface area (Å²) in [6, 6.07) is 9.16. The van der Waals surface area contributed by atoms with Crippen molar-refractivity contribution in [2.45, 2.75) is 82.5 Å². The lowest BCUT2D eigenvalue weighted by Crippen LogP contribution is -2.50. The van der Waals surface area contributed by atoms with Crippen LogP contribution >= 0.6 is 0 Å². The molecule has 2 saturated carbocycles. The summed E-state index contributed by atoms with van der Waals surface area (Å²) < 4.78 is 0. The van der Waals surface area contributed by atoms with E-state index in [2.05, 4.69) is 41.5 Å². The van der Waals surface area contributed by atoms with Gasteiger partial charge in [-0.05, 0) is 62.6 Å². The van der Waals surface area contributed by atoms with Crippen LogP contribution in [0, 0.1) is 5.92 Å². The predicted octanol–water partition coefficient (Wildman–Crippen LogP) is 3.90. The van der Waals surface area contributed by atoms with Gasteiger partial charge in [0, 0.05) is 32.2 Å². The Labute approximate surface area is 175 Å². The van der Waals surface area contributed by atoms with Gasteiger partial charge in [-0.25, -0.2) is 4.79 Å². The van der Waals surface area contributed by atoms with E-state index < -0.39 is 5.60 Å². The second-order valence-electron chi connectivity index (χ2n) is 9.50. The molecule has 1 aromatic rings. The van der Waals surface area contributed by atoms with Crippen LogP contribution in [-0.4, -0.2) is 52.7 Å². The average Bonchev–Trinajstić information content (AvgIpc) is 3.60. The molecule has 2 N–H and O–H groups in total. The molecule has 4 rings (SSSR count). The largest absolute Gasteiger partial charge is 0.389 e. The number of urea groups is 1. The Hall–Kier alpha value is -1.59. The fourth-order valence-corrected chi connectivity index (χ4v) is 5.21. The van der Waals surface area contributed by atoms with Gasteiger partial charge in [0.05, 0.1) is 5.60 Å². The molecule has 1 heterocycles. The Kier molecular flexibility index (Phi) is 6.45. The number of piperidine rings is 1. The summed E-state index contributed by atoms with van der Waals surface area (Å²) in [4.78, 5) is 17.0. The van der Waals surface area contributed by atoms with E-state index in [1.165, 1.54) is 43.2 Å². The highest BCUT2D eigenvalue weighted by Crippen LogP contribution is 2.44. The molecular weight excluding hydrogens is 362 g/mol. The van der Waals surface area contributed by atoms with Crippen molar-refractivity contribution in [2.75, 3.05) is 20.1 Å². The highest BCUT2D eigenvalue weighted by atomic mass is 16.3. The zero-order valence-electron chi connectivity index (χ0n) is 17.9. The SMILES string of the molecule is CN(Cc1ccccc1CNC(=O)N1CCC(O)(C2CC2)CC1)C1CCCCC1. The van der Waals surface area contributed by atoms with Crippen LogP contribution in [0.3, 0.4) is 0 Å². The number of carbonyl (C=O) groups is 1. The Bertz CT molecular complexity index is 689. The lowest BCUT2D eigenvalue weighted by Gasteiger charge is -2.38. The quantitative estimate of drug-likeness (QED) is 0.763. The Morgan fingerprint density at radius 2 is 1.76 bits per heavy atom. The number of aliphatic hydroxyl groups is 1. The molecule has 0 aromatic heterocycles. The van der Waals surface area contributed by atoms with Gasteiger partial charge < -0.3 is 15.3 Å². The molecule has 2 aliphatic carbocycles. The van der Waals surface area contributed by atoms with E-state index in [1.807, 2.05) is 4.90 Å². The van der Waals surface area contributed by atoms with Gasteiger partial charge in [0.25, 0.3) is 0 Å². The molecule has 3 fully saturated rings. The van der Waals surface area contributed by atoms with Gasteiger partial charge in [-0.2, -0.15) is 0 Å². The van der Waals surface area contributed by atoms with E-state index in [4.69, 9.17) is 0 Å². The van der Waals surface area contributed by atoms with Crippen LogP contribution in [0.15, 0.2) is 24.3 Å². The highest BCUT2D eigenvalue weighted by Gasteiger charge is 2.45. The molecule has 5 nitrogen and oxygen atoms in total. The molecule has 1 saturated heterocycles. The number of likely N-dealkylation sites (tertiary alicyclic amines) is 1. The summed E-state index contributed by atoms with van der Waals surface area (Å²) in [5.41, 5.74) is 1.99. The molecule has 1 aromatic carbocycles.